The molecule has 0 unspecified atom stereocenters. The zero-order valence-corrected chi connectivity index (χ0v) is 15.3. The van der Waals surface area contributed by atoms with E-state index in [1.54, 1.807) is 17.5 Å². The molecule has 3 rings (SSSR count). The van der Waals surface area contributed by atoms with E-state index in [1.165, 1.54) is 26.2 Å². The largest absolute Gasteiger partial charge is 0.243 e. The second-order valence-corrected chi connectivity index (χ2v) is 12.9. The van der Waals surface area contributed by atoms with Crippen molar-refractivity contribution < 1.29 is 0 Å². The topological polar surface area (TPSA) is 12.9 Å². The summed E-state index contributed by atoms with van der Waals surface area (Å²) in [6.45, 7) is 13.3. The number of aromatic nitrogens is 1. The summed E-state index contributed by atoms with van der Waals surface area (Å²) in [4.78, 5) is 4.22. The Hall–Kier alpha value is -1.16. The van der Waals surface area contributed by atoms with E-state index < -0.39 is 8.07 Å². The average molecular weight is 332 g/mol. The van der Waals surface area contributed by atoms with Crippen molar-refractivity contribution in [3.05, 3.63) is 41.7 Å². The van der Waals surface area contributed by atoms with E-state index in [2.05, 4.69) is 56.3 Å². The van der Waals surface area contributed by atoms with E-state index in [0.717, 1.165) is 10.3 Å². The number of pyridine rings is 1. The fourth-order valence-electron chi connectivity index (χ4n) is 2.58. The Morgan fingerprint density at radius 1 is 1.19 bits per heavy atom. The van der Waals surface area contributed by atoms with Crippen molar-refractivity contribution in [1.82, 2.24) is 4.98 Å². The average Bonchev–Trinajstić information content (AvgIpc) is 2.76. The first-order chi connectivity index (χ1) is 9.79. The molecule has 0 aliphatic carbocycles. The monoisotopic (exact) mass is 331 g/mol. The Bertz CT molecular complexity index is 874. The third-order valence-electron chi connectivity index (χ3n) is 3.75. The molecule has 0 aliphatic rings. The van der Waals surface area contributed by atoms with Crippen LogP contribution in [0.4, 0.5) is 0 Å². The molecular weight excluding hydrogens is 314 g/mol. The number of fused-ring (bicyclic) bond motifs is 3. The first-order valence-corrected chi connectivity index (χ1v) is 11.7. The van der Waals surface area contributed by atoms with Crippen molar-refractivity contribution >= 4 is 61.9 Å². The van der Waals surface area contributed by atoms with E-state index in [0.29, 0.717) is 5.15 Å². The molecule has 1 nitrogen and oxygen atoms in total. The van der Waals surface area contributed by atoms with Gasteiger partial charge in [0.2, 0.25) is 0 Å². The zero-order valence-electron chi connectivity index (χ0n) is 12.7. The summed E-state index contributed by atoms with van der Waals surface area (Å²) in [6.07, 6.45) is 1.79. The quantitative estimate of drug-likeness (QED) is 0.434. The third-order valence-corrected chi connectivity index (χ3v) is 7.60. The third kappa shape index (κ3) is 2.43. The predicted octanol–water partition coefficient (Wildman–Crippen LogP) is 5.68. The highest BCUT2D eigenvalue weighted by atomic mass is 35.5. The first kappa shape index (κ1) is 14.8. The van der Waals surface area contributed by atoms with Gasteiger partial charge in [0.25, 0.3) is 0 Å². The molecule has 21 heavy (non-hydrogen) atoms. The number of nitrogens with zero attached hydrogens (tertiary/aromatic N) is 1. The Morgan fingerprint density at radius 3 is 2.52 bits per heavy atom. The smallest absolute Gasteiger partial charge is 0.146 e. The molecule has 0 saturated carbocycles. The lowest BCUT2D eigenvalue weighted by Crippen LogP contribution is -2.37. The van der Waals surface area contributed by atoms with Crippen LogP contribution in [0, 0.1) is 0 Å². The standard InChI is InChI=1S/C17H18ClNSSi/c1-10(2)11-8-13-12-6-7-19-17(18)16(12)20-15(13)14(9-11)21(3,4)5/h6-9H,1H2,2-5H3. The second-order valence-electron chi connectivity index (χ2n) is 6.51. The van der Waals surface area contributed by atoms with Gasteiger partial charge in [0.05, 0.1) is 12.8 Å². The summed E-state index contributed by atoms with van der Waals surface area (Å²) in [5.74, 6) is 0. The van der Waals surface area contributed by atoms with E-state index in [9.17, 15) is 0 Å². The van der Waals surface area contributed by atoms with Gasteiger partial charge in [0.15, 0.2) is 0 Å². The van der Waals surface area contributed by atoms with E-state index >= 15 is 0 Å². The molecule has 0 saturated heterocycles. The van der Waals surface area contributed by atoms with Gasteiger partial charge in [-0.2, -0.15) is 0 Å². The molecule has 0 aliphatic heterocycles. The van der Waals surface area contributed by atoms with Crippen LogP contribution in [-0.2, 0) is 0 Å². The van der Waals surface area contributed by atoms with Gasteiger partial charge in [-0.1, -0.05) is 49.5 Å². The van der Waals surface area contributed by atoms with Crippen molar-refractivity contribution in [3.63, 3.8) is 0 Å². The molecule has 3 aromatic rings. The zero-order chi connectivity index (χ0) is 15.4. The maximum absolute atomic E-state index is 6.29. The van der Waals surface area contributed by atoms with Crippen LogP contribution in [0.2, 0.25) is 24.8 Å². The van der Waals surface area contributed by atoms with Crippen LogP contribution in [-0.4, -0.2) is 13.1 Å². The van der Waals surface area contributed by atoms with Crippen molar-refractivity contribution in [3.8, 4) is 0 Å². The molecule has 0 spiro atoms. The Balaban J connectivity index is 2.53. The molecular formula is C17H18ClNSSi. The Morgan fingerprint density at radius 2 is 1.90 bits per heavy atom. The lowest BCUT2D eigenvalue weighted by atomic mass is 10.1. The summed E-state index contributed by atoms with van der Waals surface area (Å²) in [7, 11) is -1.45. The van der Waals surface area contributed by atoms with Crippen LogP contribution in [0.15, 0.2) is 31.0 Å². The number of rotatable bonds is 2. The van der Waals surface area contributed by atoms with Crippen LogP contribution in [0.5, 0.6) is 0 Å². The van der Waals surface area contributed by atoms with Gasteiger partial charge >= 0.3 is 0 Å². The molecule has 2 aromatic heterocycles. The fourth-order valence-corrected chi connectivity index (χ4v) is 6.40. The van der Waals surface area contributed by atoms with Crippen LogP contribution < -0.4 is 5.19 Å². The molecule has 0 amide bonds. The molecule has 0 fully saturated rings. The van der Waals surface area contributed by atoms with Crippen LogP contribution >= 0.6 is 22.9 Å². The highest BCUT2D eigenvalue weighted by Crippen LogP contribution is 2.38. The normalized spacial score (nSPS) is 12.2. The number of hydrogen-bond acceptors (Lipinski definition) is 2. The summed E-state index contributed by atoms with van der Waals surface area (Å²) >= 11 is 8.06. The number of allylic oxidation sites excluding steroid dienone is 1. The molecule has 0 bridgehead atoms. The molecule has 2 heterocycles. The van der Waals surface area contributed by atoms with Crippen molar-refractivity contribution in [2.45, 2.75) is 26.6 Å². The molecule has 0 radical (unpaired) electrons. The van der Waals surface area contributed by atoms with Gasteiger partial charge < -0.3 is 0 Å². The lowest BCUT2D eigenvalue weighted by molar-refractivity contribution is 1.37. The molecule has 1 aromatic carbocycles. The van der Waals surface area contributed by atoms with Gasteiger partial charge in [-0.15, -0.1) is 11.3 Å². The summed E-state index contributed by atoms with van der Waals surface area (Å²) < 4.78 is 2.46. The fraction of sp³-hybridized carbons (Fsp3) is 0.235. The predicted molar refractivity (Wildman–Crippen MR) is 99.8 cm³/mol. The first-order valence-electron chi connectivity index (χ1n) is 6.96. The van der Waals surface area contributed by atoms with Gasteiger partial charge in [-0.3, -0.25) is 0 Å². The SMILES string of the molecule is C=C(C)c1cc([Si](C)(C)C)c2sc3c(Cl)nccc3c2c1. The van der Waals surface area contributed by atoms with Gasteiger partial charge in [0.1, 0.15) is 5.15 Å². The lowest BCUT2D eigenvalue weighted by Gasteiger charge is -2.19. The molecule has 0 N–H and O–H groups in total. The maximum atomic E-state index is 6.29. The number of halogens is 1. The Labute approximate surface area is 135 Å². The van der Waals surface area contributed by atoms with Gasteiger partial charge in [-0.25, -0.2) is 4.98 Å². The van der Waals surface area contributed by atoms with Crippen LogP contribution in [0.1, 0.15) is 12.5 Å². The Kier molecular flexibility index (Phi) is 3.47. The number of hydrogen-bond donors (Lipinski definition) is 0. The minimum Gasteiger partial charge on any atom is -0.243 e. The molecule has 0 atom stereocenters. The summed E-state index contributed by atoms with van der Waals surface area (Å²) in [5.41, 5.74) is 2.34. The van der Waals surface area contributed by atoms with Crippen LogP contribution in [0.25, 0.3) is 25.7 Å². The molecule has 4 heteroatoms. The van der Waals surface area contributed by atoms with Gasteiger partial charge in [-0.05, 0) is 29.8 Å². The number of benzene rings is 1. The second kappa shape index (κ2) is 4.94. The molecule has 108 valence electrons. The highest BCUT2D eigenvalue weighted by molar-refractivity contribution is 7.28. The minimum atomic E-state index is -1.45. The van der Waals surface area contributed by atoms with E-state index in [4.69, 9.17) is 11.6 Å². The summed E-state index contributed by atoms with van der Waals surface area (Å²) in [6, 6.07) is 6.64. The van der Waals surface area contributed by atoms with E-state index in [1.807, 2.05) is 0 Å². The highest BCUT2D eigenvalue weighted by Gasteiger charge is 2.23. The van der Waals surface area contributed by atoms with Gasteiger partial charge in [0, 0.05) is 21.7 Å². The summed E-state index contributed by atoms with van der Waals surface area (Å²) in [5, 5.41) is 4.58. The van der Waals surface area contributed by atoms with E-state index in [-0.39, 0.29) is 0 Å². The van der Waals surface area contributed by atoms with Crippen LogP contribution in [0.3, 0.4) is 0 Å². The van der Waals surface area contributed by atoms with Crippen molar-refractivity contribution in [2.75, 3.05) is 0 Å². The van der Waals surface area contributed by atoms with Crippen molar-refractivity contribution in [2.24, 2.45) is 0 Å². The number of thiophene rings is 1. The van der Waals surface area contributed by atoms with Crippen molar-refractivity contribution in [1.29, 1.82) is 0 Å². The maximum Gasteiger partial charge on any atom is 0.146 e. The minimum absolute atomic E-state index is 0.604.